The molecule has 0 aromatic heterocycles. The summed E-state index contributed by atoms with van der Waals surface area (Å²) < 4.78 is 5.61. The van der Waals surface area contributed by atoms with Gasteiger partial charge >= 0.3 is 12.1 Å². The van der Waals surface area contributed by atoms with Crippen molar-refractivity contribution in [2.75, 3.05) is 13.2 Å². The van der Waals surface area contributed by atoms with Crippen LogP contribution in [0.4, 0.5) is 4.79 Å². The average molecular weight is 467 g/mol. The summed E-state index contributed by atoms with van der Waals surface area (Å²) >= 11 is 0. The number of carboxylic acids is 1. The number of hydrogen-bond donors (Lipinski definition) is 3. The molecule has 0 saturated carbocycles. The Balaban J connectivity index is 1.59. The first kappa shape index (κ1) is 25.3. The van der Waals surface area contributed by atoms with Crippen molar-refractivity contribution < 1.29 is 24.2 Å². The molecular weight excluding hydrogens is 432 g/mol. The molecule has 7 nitrogen and oxygen atoms in total. The molecule has 1 aliphatic carbocycles. The molecule has 3 rings (SSSR count). The maximum absolute atomic E-state index is 12.8. The fourth-order valence-corrected chi connectivity index (χ4v) is 4.33. The highest BCUT2D eigenvalue weighted by Crippen LogP contribution is 2.44. The standard InChI is InChI=1S/C27H34N2O5/c1-4-18(3)25(26(32)28-15-17(2)13-14-24(30)31)29-27(33)34-16-23-21-11-7-5-9-19(21)20-10-6-8-12-22(20)23/h5-12,17-18,23,25H,4,13-16H2,1-3H3,(H,28,32)(H,29,33)(H,30,31)/t17?,18?,25-/m0/s1. The third-order valence-corrected chi connectivity index (χ3v) is 6.59. The van der Waals surface area contributed by atoms with E-state index in [4.69, 9.17) is 9.84 Å². The second-order valence-electron chi connectivity index (χ2n) is 9.12. The molecule has 0 aliphatic heterocycles. The number of carbonyl (C=O) groups excluding carboxylic acids is 2. The summed E-state index contributed by atoms with van der Waals surface area (Å²) in [7, 11) is 0. The average Bonchev–Trinajstić information content (AvgIpc) is 3.16. The van der Waals surface area contributed by atoms with Crippen molar-refractivity contribution in [2.24, 2.45) is 11.8 Å². The molecular formula is C27H34N2O5. The van der Waals surface area contributed by atoms with Gasteiger partial charge < -0.3 is 20.5 Å². The number of benzene rings is 2. The van der Waals surface area contributed by atoms with Crippen LogP contribution < -0.4 is 10.6 Å². The van der Waals surface area contributed by atoms with Gasteiger partial charge in [0.2, 0.25) is 5.91 Å². The first-order valence-electron chi connectivity index (χ1n) is 11.9. The number of rotatable bonds is 11. The van der Waals surface area contributed by atoms with Crippen molar-refractivity contribution in [1.29, 1.82) is 0 Å². The van der Waals surface area contributed by atoms with Crippen molar-refractivity contribution in [3.05, 3.63) is 59.7 Å². The molecule has 2 aromatic carbocycles. The molecule has 34 heavy (non-hydrogen) atoms. The van der Waals surface area contributed by atoms with Crippen molar-refractivity contribution in [3.8, 4) is 11.1 Å². The molecule has 0 saturated heterocycles. The predicted molar refractivity (Wildman–Crippen MR) is 130 cm³/mol. The van der Waals surface area contributed by atoms with Gasteiger partial charge in [-0.05, 0) is 40.5 Å². The lowest BCUT2D eigenvalue weighted by atomic mass is 9.97. The molecule has 0 heterocycles. The van der Waals surface area contributed by atoms with Crippen LogP contribution in [0.5, 0.6) is 0 Å². The lowest BCUT2D eigenvalue weighted by Gasteiger charge is -2.24. The van der Waals surface area contributed by atoms with Gasteiger partial charge in [-0.15, -0.1) is 0 Å². The molecule has 2 unspecified atom stereocenters. The summed E-state index contributed by atoms with van der Waals surface area (Å²) in [6.45, 7) is 6.29. The number of nitrogens with one attached hydrogen (secondary N) is 2. The zero-order valence-electron chi connectivity index (χ0n) is 20.0. The normalized spacial score (nSPS) is 14.9. The first-order chi connectivity index (χ1) is 16.3. The van der Waals surface area contributed by atoms with Crippen molar-refractivity contribution in [1.82, 2.24) is 10.6 Å². The Morgan fingerprint density at radius 1 is 1.00 bits per heavy atom. The van der Waals surface area contributed by atoms with Crippen LogP contribution >= 0.6 is 0 Å². The van der Waals surface area contributed by atoms with Crippen molar-refractivity contribution >= 4 is 18.0 Å². The number of fused-ring (bicyclic) bond motifs is 3. The molecule has 0 radical (unpaired) electrons. The first-order valence-corrected chi connectivity index (χ1v) is 11.9. The van der Waals surface area contributed by atoms with Crippen LogP contribution in [0.2, 0.25) is 0 Å². The van der Waals surface area contributed by atoms with Gasteiger partial charge in [0.25, 0.3) is 0 Å². The van der Waals surface area contributed by atoms with Crippen LogP contribution in [-0.2, 0) is 14.3 Å². The summed E-state index contributed by atoms with van der Waals surface area (Å²) in [4.78, 5) is 36.3. The summed E-state index contributed by atoms with van der Waals surface area (Å²) in [6, 6.07) is 15.5. The Kier molecular flexibility index (Phi) is 8.68. The Hall–Kier alpha value is -3.35. The van der Waals surface area contributed by atoms with E-state index in [1.807, 2.05) is 45.0 Å². The molecule has 1 aliphatic rings. The Bertz CT molecular complexity index is 976. The zero-order valence-corrected chi connectivity index (χ0v) is 20.0. The summed E-state index contributed by atoms with van der Waals surface area (Å²) in [5, 5.41) is 14.4. The maximum atomic E-state index is 12.8. The van der Waals surface area contributed by atoms with Gasteiger partial charge in [-0.3, -0.25) is 9.59 Å². The van der Waals surface area contributed by atoms with Crippen LogP contribution in [0, 0.1) is 11.8 Å². The van der Waals surface area contributed by atoms with Crippen LogP contribution in [-0.4, -0.2) is 42.3 Å². The molecule has 0 bridgehead atoms. The lowest BCUT2D eigenvalue weighted by Crippen LogP contribution is -2.51. The Labute approximate surface area is 200 Å². The van der Waals surface area contributed by atoms with Gasteiger partial charge in [-0.2, -0.15) is 0 Å². The number of ether oxygens (including phenoxy) is 1. The molecule has 7 heteroatoms. The van der Waals surface area contributed by atoms with E-state index in [1.165, 1.54) is 0 Å². The highest BCUT2D eigenvalue weighted by Gasteiger charge is 2.31. The van der Waals surface area contributed by atoms with Gasteiger partial charge in [0.05, 0.1) is 0 Å². The van der Waals surface area contributed by atoms with Crippen LogP contribution in [0.1, 0.15) is 57.1 Å². The van der Waals surface area contributed by atoms with E-state index in [-0.39, 0.29) is 36.7 Å². The molecule has 182 valence electrons. The monoisotopic (exact) mass is 466 g/mol. The van der Waals surface area contributed by atoms with E-state index in [9.17, 15) is 14.4 Å². The van der Waals surface area contributed by atoms with E-state index in [1.54, 1.807) is 0 Å². The Morgan fingerprint density at radius 2 is 1.59 bits per heavy atom. The minimum absolute atomic E-state index is 0.0205. The minimum atomic E-state index is -0.854. The van der Waals surface area contributed by atoms with E-state index < -0.39 is 18.1 Å². The second-order valence-corrected chi connectivity index (χ2v) is 9.12. The van der Waals surface area contributed by atoms with Crippen LogP contribution in [0.3, 0.4) is 0 Å². The molecule has 0 fully saturated rings. The summed E-state index contributed by atoms with van der Waals surface area (Å²) in [5.41, 5.74) is 4.56. The fourth-order valence-electron chi connectivity index (χ4n) is 4.33. The van der Waals surface area contributed by atoms with Gasteiger partial charge in [0.15, 0.2) is 0 Å². The summed E-state index contributed by atoms with van der Waals surface area (Å²) in [6.07, 6.45) is 0.616. The van der Waals surface area contributed by atoms with E-state index >= 15 is 0 Å². The molecule has 3 N–H and O–H groups in total. The summed E-state index contributed by atoms with van der Waals surface area (Å²) in [5.74, 6) is -1.26. The molecule has 2 aromatic rings. The number of carbonyl (C=O) groups is 3. The lowest BCUT2D eigenvalue weighted by molar-refractivity contribution is -0.137. The highest BCUT2D eigenvalue weighted by atomic mass is 16.5. The molecule has 2 amide bonds. The third-order valence-electron chi connectivity index (χ3n) is 6.59. The number of alkyl carbamates (subject to hydrolysis) is 1. The molecule has 3 atom stereocenters. The van der Waals surface area contributed by atoms with E-state index in [0.717, 1.165) is 22.3 Å². The quantitative estimate of drug-likeness (QED) is 0.450. The SMILES string of the molecule is CCC(C)[C@H](NC(=O)OCC1c2ccccc2-c2ccccc21)C(=O)NCC(C)CCC(=O)O. The number of hydrogen-bond acceptors (Lipinski definition) is 4. The van der Waals surface area contributed by atoms with Crippen LogP contribution in [0.15, 0.2) is 48.5 Å². The second kappa shape index (κ2) is 11.7. The number of aliphatic carboxylic acids is 1. The fraction of sp³-hybridized carbons (Fsp3) is 0.444. The van der Waals surface area contributed by atoms with Gasteiger partial charge in [0.1, 0.15) is 12.6 Å². The predicted octanol–water partition coefficient (Wildman–Crippen LogP) is 4.56. The number of amides is 2. The van der Waals surface area contributed by atoms with Gasteiger partial charge in [-0.25, -0.2) is 4.79 Å². The smallest absolute Gasteiger partial charge is 0.407 e. The Morgan fingerprint density at radius 3 is 2.15 bits per heavy atom. The maximum Gasteiger partial charge on any atom is 0.407 e. The minimum Gasteiger partial charge on any atom is -0.481 e. The highest BCUT2D eigenvalue weighted by molar-refractivity contribution is 5.86. The van der Waals surface area contributed by atoms with E-state index in [2.05, 4.69) is 34.9 Å². The molecule has 0 spiro atoms. The van der Waals surface area contributed by atoms with Crippen molar-refractivity contribution in [3.63, 3.8) is 0 Å². The van der Waals surface area contributed by atoms with Gasteiger partial charge in [-0.1, -0.05) is 75.7 Å². The van der Waals surface area contributed by atoms with Crippen molar-refractivity contribution in [2.45, 2.75) is 52.0 Å². The van der Waals surface area contributed by atoms with Crippen LogP contribution in [0.25, 0.3) is 11.1 Å². The largest absolute Gasteiger partial charge is 0.481 e. The zero-order chi connectivity index (χ0) is 24.7. The van der Waals surface area contributed by atoms with E-state index in [0.29, 0.717) is 19.4 Å². The topological polar surface area (TPSA) is 105 Å². The number of carboxylic acid groups (broad SMARTS) is 1. The van der Waals surface area contributed by atoms with Gasteiger partial charge in [0, 0.05) is 18.9 Å². The third kappa shape index (κ3) is 6.16.